The summed E-state index contributed by atoms with van der Waals surface area (Å²) in [5, 5.41) is 14.5. The molecule has 10 nitrogen and oxygen atoms in total. The summed E-state index contributed by atoms with van der Waals surface area (Å²) in [4.78, 5) is 41.4. The normalized spacial score (nSPS) is 16.5. The van der Waals surface area contributed by atoms with Crippen LogP contribution in [0.4, 0.5) is 10.5 Å². The van der Waals surface area contributed by atoms with E-state index < -0.39 is 11.0 Å². The number of carbonyl (C=O) groups excluding carboxylic acids is 2. The number of nitrogens with zero attached hydrogens (tertiary/aromatic N) is 3. The molecule has 1 heterocycles. The number of amidine groups is 1. The van der Waals surface area contributed by atoms with Gasteiger partial charge in [-0.1, -0.05) is 17.3 Å². The number of nitro benzene ring substituents is 1. The molecule has 174 valence electrons. The minimum Gasteiger partial charge on any atom is -0.497 e. The Bertz CT molecular complexity index is 1030. The van der Waals surface area contributed by atoms with E-state index in [0.29, 0.717) is 23.6 Å². The third kappa shape index (κ3) is 6.94. The summed E-state index contributed by atoms with van der Waals surface area (Å²) < 4.78 is 10.4. The predicted molar refractivity (Wildman–Crippen MR) is 122 cm³/mol. The van der Waals surface area contributed by atoms with Gasteiger partial charge in [0.2, 0.25) is 0 Å². The molecule has 1 aliphatic heterocycles. The number of oxime groups is 1. The molecule has 0 saturated carbocycles. The molecule has 3 rings (SSSR count). The summed E-state index contributed by atoms with van der Waals surface area (Å²) in [6, 6.07) is 12.9. The molecule has 1 aliphatic rings. The quantitative estimate of drug-likeness (QED) is 0.337. The number of thiol groups is 1. The fraction of sp³-hybridized carbons (Fsp3) is 0.318. The van der Waals surface area contributed by atoms with Gasteiger partial charge in [-0.3, -0.25) is 19.8 Å². The maximum absolute atomic E-state index is 12.5. The number of methoxy groups -OCH3 is 1. The highest BCUT2D eigenvalue weighted by molar-refractivity contribution is 7.81. The van der Waals surface area contributed by atoms with Crippen LogP contribution >= 0.6 is 12.6 Å². The van der Waals surface area contributed by atoms with Gasteiger partial charge in [-0.05, 0) is 35.4 Å². The van der Waals surface area contributed by atoms with Crippen LogP contribution in [0, 0.1) is 10.1 Å². The zero-order valence-electron chi connectivity index (χ0n) is 17.9. The van der Waals surface area contributed by atoms with Gasteiger partial charge in [-0.25, -0.2) is 4.79 Å². The van der Waals surface area contributed by atoms with Crippen molar-refractivity contribution in [1.82, 2.24) is 4.90 Å². The average molecular weight is 474 g/mol. The van der Waals surface area contributed by atoms with Crippen molar-refractivity contribution in [3.8, 4) is 5.75 Å². The van der Waals surface area contributed by atoms with Crippen LogP contribution in [0.2, 0.25) is 0 Å². The van der Waals surface area contributed by atoms with E-state index in [-0.39, 0.29) is 42.9 Å². The van der Waals surface area contributed by atoms with Gasteiger partial charge < -0.3 is 14.3 Å². The molecule has 0 N–H and O–H groups in total. The van der Waals surface area contributed by atoms with Crippen molar-refractivity contribution in [3.63, 3.8) is 0 Å². The number of nitro groups is 1. The second kappa shape index (κ2) is 11.3. The van der Waals surface area contributed by atoms with E-state index in [9.17, 15) is 19.7 Å². The summed E-state index contributed by atoms with van der Waals surface area (Å²) in [5.74, 6) is 0.857. The number of benzene rings is 2. The lowest BCUT2D eigenvalue weighted by molar-refractivity contribution is -0.384. The Hall–Kier alpha value is -3.60. The predicted octanol–water partition coefficient (Wildman–Crippen LogP) is 3.39. The standard InChI is InChI=1S/C22H23N3O7S/c1-30-19-8-4-15(5-9-19)10-18(26)14-32-23-21-11-20(33)12-24(21)22(27)31-13-16-2-6-17(7-3-16)25(28)29/h2-9,20,33H,10-14H2,1H3/b23-21+. The van der Waals surface area contributed by atoms with Crippen LogP contribution in [-0.2, 0) is 27.4 Å². The van der Waals surface area contributed by atoms with Crippen LogP contribution < -0.4 is 4.74 Å². The minimum atomic E-state index is -0.642. The van der Waals surface area contributed by atoms with Crippen LogP contribution in [0.3, 0.4) is 0 Å². The number of ether oxygens (including phenoxy) is 2. The van der Waals surface area contributed by atoms with Crippen molar-refractivity contribution in [2.45, 2.75) is 24.7 Å². The Balaban J connectivity index is 1.50. The lowest BCUT2D eigenvalue weighted by Crippen LogP contribution is -2.33. The SMILES string of the molecule is COc1ccc(CC(=O)CO/N=C2\CC(S)CN2C(=O)OCc2ccc([N+](=O)[O-])cc2)cc1. The number of rotatable bonds is 9. The average Bonchev–Trinajstić information content (AvgIpc) is 3.18. The Morgan fingerprint density at radius 3 is 2.45 bits per heavy atom. The second-order valence-electron chi connectivity index (χ2n) is 7.29. The molecule has 0 radical (unpaired) electrons. The number of carbonyl (C=O) groups is 2. The van der Waals surface area contributed by atoms with E-state index >= 15 is 0 Å². The number of amides is 1. The molecule has 1 amide bonds. The highest BCUT2D eigenvalue weighted by Crippen LogP contribution is 2.20. The highest BCUT2D eigenvalue weighted by Gasteiger charge is 2.32. The van der Waals surface area contributed by atoms with E-state index in [1.54, 1.807) is 31.4 Å². The molecule has 0 spiro atoms. The third-order valence-electron chi connectivity index (χ3n) is 4.81. The van der Waals surface area contributed by atoms with E-state index in [0.717, 1.165) is 5.56 Å². The van der Waals surface area contributed by atoms with E-state index in [2.05, 4.69) is 17.8 Å². The van der Waals surface area contributed by atoms with Crippen molar-refractivity contribution in [2.24, 2.45) is 5.16 Å². The lowest BCUT2D eigenvalue weighted by Gasteiger charge is -2.16. The molecule has 2 aromatic carbocycles. The number of non-ortho nitro benzene ring substituents is 1. The van der Waals surface area contributed by atoms with Gasteiger partial charge in [-0.2, -0.15) is 12.6 Å². The van der Waals surface area contributed by atoms with Crippen molar-refractivity contribution in [1.29, 1.82) is 0 Å². The van der Waals surface area contributed by atoms with E-state index in [1.807, 2.05) is 0 Å². The number of Topliss-reactive ketones (excluding diaryl/α,β-unsaturated/α-hetero) is 1. The maximum atomic E-state index is 12.5. The van der Waals surface area contributed by atoms with Gasteiger partial charge in [0.1, 0.15) is 12.4 Å². The maximum Gasteiger partial charge on any atom is 0.415 e. The van der Waals surface area contributed by atoms with Crippen molar-refractivity contribution in [2.75, 3.05) is 20.3 Å². The van der Waals surface area contributed by atoms with Gasteiger partial charge in [0.05, 0.1) is 12.0 Å². The molecule has 1 fully saturated rings. The van der Waals surface area contributed by atoms with Crippen LogP contribution in [0.15, 0.2) is 53.7 Å². The van der Waals surface area contributed by atoms with Crippen LogP contribution in [0.25, 0.3) is 0 Å². The van der Waals surface area contributed by atoms with Crippen molar-refractivity contribution >= 4 is 36.0 Å². The molecular formula is C22H23N3O7S. The Morgan fingerprint density at radius 2 is 1.82 bits per heavy atom. The number of hydrogen-bond donors (Lipinski definition) is 1. The van der Waals surface area contributed by atoms with E-state index in [1.165, 1.54) is 29.2 Å². The fourth-order valence-electron chi connectivity index (χ4n) is 3.11. The topological polar surface area (TPSA) is 121 Å². The Kier molecular flexibility index (Phi) is 8.25. The minimum absolute atomic E-state index is 0.0457. The number of likely N-dealkylation sites (tertiary alicyclic amines) is 1. The molecular weight excluding hydrogens is 450 g/mol. The number of hydrogen-bond acceptors (Lipinski definition) is 9. The van der Waals surface area contributed by atoms with Gasteiger partial charge >= 0.3 is 6.09 Å². The second-order valence-corrected chi connectivity index (χ2v) is 8.02. The first-order valence-corrected chi connectivity index (χ1v) is 10.6. The molecule has 11 heteroatoms. The molecule has 1 saturated heterocycles. The highest BCUT2D eigenvalue weighted by atomic mass is 32.1. The lowest BCUT2D eigenvalue weighted by atomic mass is 10.1. The van der Waals surface area contributed by atoms with Crippen molar-refractivity contribution in [3.05, 3.63) is 69.8 Å². The molecule has 1 unspecified atom stereocenters. The van der Waals surface area contributed by atoms with Crippen LogP contribution in [0.5, 0.6) is 5.75 Å². The molecule has 0 aromatic heterocycles. The molecule has 0 bridgehead atoms. The largest absolute Gasteiger partial charge is 0.497 e. The molecule has 33 heavy (non-hydrogen) atoms. The monoisotopic (exact) mass is 473 g/mol. The summed E-state index contributed by atoms with van der Waals surface area (Å²) in [5.41, 5.74) is 1.38. The summed E-state index contributed by atoms with van der Waals surface area (Å²) in [6.45, 7) is -0.0122. The van der Waals surface area contributed by atoms with Gasteiger partial charge in [0.15, 0.2) is 18.2 Å². The fourth-order valence-corrected chi connectivity index (χ4v) is 3.43. The smallest absolute Gasteiger partial charge is 0.415 e. The zero-order valence-corrected chi connectivity index (χ0v) is 18.8. The van der Waals surface area contributed by atoms with Gasteiger partial charge in [0.25, 0.3) is 5.69 Å². The van der Waals surface area contributed by atoms with E-state index in [4.69, 9.17) is 14.3 Å². The molecule has 0 aliphatic carbocycles. The Morgan fingerprint density at radius 1 is 1.15 bits per heavy atom. The van der Waals surface area contributed by atoms with Crippen LogP contribution in [-0.4, -0.2) is 53.0 Å². The molecule has 1 atom stereocenters. The number of ketones is 1. The first-order chi connectivity index (χ1) is 15.9. The molecule has 2 aromatic rings. The third-order valence-corrected chi connectivity index (χ3v) is 5.15. The summed E-state index contributed by atoms with van der Waals surface area (Å²) in [6.07, 6.45) is -0.0789. The summed E-state index contributed by atoms with van der Waals surface area (Å²) in [7, 11) is 1.57. The van der Waals surface area contributed by atoms with Crippen LogP contribution in [0.1, 0.15) is 17.5 Å². The van der Waals surface area contributed by atoms with Gasteiger partial charge in [-0.15, -0.1) is 0 Å². The van der Waals surface area contributed by atoms with Gasteiger partial charge in [0, 0.05) is 36.8 Å². The zero-order chi connectivity index (χ0) is 23.8. The van der Waals surface area contributed by atoms with Crippen molar-refractivity contribution < 1.29 is 28.8 Å². The first kappa shape index (κ1) is 24.1. The Labute approximate surface area is 195 Å². The summed E-state index contributed by atoms with van der Waals surface area (Å²) >= 11 is 4.39. The first-order valence-electron chi connectivity index (χ1n) is 10.0.